The Labute approximate surface area is 122 Å². The molecule has 7 heteroatoms. The molecule has 0 spiro atoms. The van der Waals surface area contributed by atoms with Crippen molar-refractivity contribution in [2.45, 2.75) is 39.7 Å². The van der Waals surface area contributed by atoms with Crippen LogP contribution in [0.25, 0.3) is 0 Å². The number of nitrogens with zero attached hydrogens (tertiary/aromatic N) is 4. The summed E-state index contributed by atoms with van der Waals surface area (Å²) in [5, 5.41) is 13.4. The van der Waals surface area contributed by atoms with Gasteiger partial charge >= 0.3 is 5.97 Å². The molecule has 0 aliphatic rings. The molecule has 0 amide bonds. The molecule has 0 aromatic carbocycles. The first-order valence-corrected chi connectivity index (χ1v) is 6.81. The van der Waals surface area contributed by atoms with Gasteiger partial charge in [-0.15, -0.1) is 0 Å². The summed E-state index contributed by atoms with van der Waals surface area (Å²) in [6.45, 7) is 6.62. The number of carboxylic acids is 1. The molecule has 112 valence electrons. The smallest absolute Gasteiger partial charge is 0.358 e. The second-order valence-corrected chi connectivity index (χ2v) is 4.94. The number of hydrogen-bond acceptors (Lipinski definition) is 5. The third kappa shape index (κ3) is 3.56. The van der Waals surface area contributed by atoms with Crippen LogP contribution in [0, 0.1) is 0 Å². The molecule has 0 saturated carbocycles. The quantitative estimate of drug-likeness (QED) is 0.879. The van der Waals surface area contributed by atoms with Gasteiger partial charge in [-0.05, 0) is 6.42 Å². The highest BCUT2D eigenvalue weighted by Crippen LogP contribution is 2.24. The minimum Gasteiger partial charge on any atom is -0.476 e. The highest BCUT2D eigenvalue weighted by atomic mass is 16.5. The van der Waals surface area contributed by atoms with Crippen LogP contribution in [0.1, 0.15) is 49.4 Å². The zero-order valence-electron chi connectivity index (χ0n) is 12.3. The van der Waals surface area contributed by atoms with Crippen LogP contribution in [0.4, 0.5) is 0 Å². The second kappa shape index (κ2) is 6.34. The summed E-state index contributed by atoms with van der Waals surface area (Å²) in [5.74, 6) is -0.0454. The molecule has 0 bridgehead atoms. The van der Waals surface area contributed by atoms with Crippen LogP contribution in [-0.2, 0) is 6.54 Å². The summed E-state index contributed by atoms with van der Waals surface area (Å²) in [6.07, 6.45) is 5.60. The Hall–Kier alpha value is -2.44. The molecule has 0 saturated heterocycles. The van der Waals surface area contributed by atoms with Gasteiger partial charge in [-0.25, -0.2) is 14.8 Å². The molecule has 0 atom stereocenters. The Morgan fingerprint density at radius 3 is 2.81 bits per heavy atom. The van der Waals surface area contributed by atoms with Crippen LogP contribution in [-0.4, -0.2) is 30.8 Å². The fourth-order valence-electron chi connectivity index (χ4n) is 1.77. The third-order valence-corrected chi connectivity index (χ3v) is 2.78. The minimum absolute atomic E-state index is 0.0458. The molecule has 1 N–H and O–H groups in total. The summed E-state index contributed by atoms with van der Waals surface area (Å²) < 4.78 is 7.28. The molecule has 0 unspecified atom stereocenters. The van der Waals surface area contributed by atoms with Crippen LogP contribution < -0.4 is 4.74 Å². The van der Waals surface area contributed by atoms with Crippen LogP contribution in [0.5, 0.6) is 11.5 Å². The van der Waals surface area contributed by atoms with Gasteiger partial charge in [0.1, 0.15) is 5.82 Å². The Morgan fingerprint density at radius 1 is 1.43 bits per heavy atom. The van der Waals surface area contributed by atoms with Gasteiger partial charge in [0.15, 0.2) is 17.2 Å². The maximum atomic E-state index is 11.3. The molecule has 0 aliphatic carbocycles. The monoisotopic (exact) mass is 290 g/mol. The number of hydrogen-bond donors (Lipinski definition) is 1. The summed E-state index contributed by atoms with van der Waals surface area (Å²) in [5.41, 5.74) is -0.142. The molecule has 2 heterocycles. The van der Waals surface area contributed by atoms with Crippen molar-refractivity contribution in [1.29, 1.82) is 0 Å². The number of rotatable bonds is 6. The van der Waals surface area contributed by atoms with E-state index in [9.17, 15) is 9.90 Å². The van der Waals surface area contributed by atoms with E-state index in [0.29, 0.717) is 11.6 Å². The topological polar surface area (TPSA) is 90.1 Å². The lowest BCUT2D eigenvalue weighted by atomic mass is 10.2. The molecule has 7 nitrogen and oxygen atoms in total. The van der Waals surface area contributed by atoms with Crippen molar-refractivity contribution in [2.75, 3.05) is 0 Å². The largest absolute Gasteiger partial charge is 0.476 e. The van der Waals surface area contributed by atoms with Gasteiger partial charge in [0.2, 0.25) is 0 Å². The third-order valence-electron chi connectivity index (χ3n) is 2.78. The molecular formula is C14H18N4O3. The van der Waals surface area contributed by atoms with Gasteiger partial charge in [-0.2, -0.15) is 5.10 Å². The SMILES string of the molecule is CCCn1cc(Oc2cnc(C(C)C)nc2C(=O)O)cn1. The molecule has 0 fully saturated rings. The van der Waals surface area contributed by atoms with Gasteiger partial charge in [-0.3, -0.25) is 4.68 Å². The first kappa shape index (κ1) is 15.0. The van der Waals surface area contributed by atoms with Gasteiger partial charge in [0.05, 0.1) is 18.6 Å². The van der Waals surface area contributed by atoms with E-state index in [1.54, 1.807) is 10.9 Å². The van der Waals surface area contributed by atoms with E-state index < -0.39 is 5.97 Å². The number of aromatic nitrogens is 4. The van der Waals surface area contributed by atoms with Crippen molar-refractivity contribution < 1.29 is 14.6 Å². The predicted molar refractivity (Wildman–Crippen MR) is 75.7 cm³/mol. The summed E-state index contributed by atoms with van der Waals surface area (Å²) in [6, 6.07) is 0. The Balaban J connectivity index is 2.27. The zero-order chi connectivity index (χ0) is 15.4. The van der Waals surface area contributed by atoms with Gasteiger partial charge in [-0.1, -0.05) is 20.8 Å². The Morgan fingerprint density at radius 2 is 2.19 bits per heavy atom. The minimum atomic E-state index is -1.14. The number of carbonyl (C=O) groups is 1. The van der Waals surface area contributed by atoms with Crippen molar-refractivity contribution >= 4 is 5.97 Å². The fraction of sp³-hybridized carbons (Fsp3) is 0.429. The van der Waals surface area contributed by atoms with Crippen molar-refractivity contribution in [3.05, 3.63) is 30.1 Å². The average Bonchev–Trinajstić information content (AvgIpc) is 2.86. The second-order valence-electron chi connectivity index (χ2n) is 4.94. The van der Waals surface area contributed by atoms with Gasteiger partial charge < -0.3 is 9.84 Å². The number of carboxylic acid groups (broad SMARTS) is 1. The molecule has 2 rings (SSSR count). The van der Waals surface area contributed by atoms with Crippen LogP contribution in [0.3, 0.4) is 0 Å². The maximum absolute atomic E-state index is 11.3. The fourth-order valence-corrected chi connectivity index (χ4v) is 1.77. The standard InChI is InChI=1S/C14H18N4O3/c1-4-5-18-8-10(6-16-18)21-11-7-15-13(9(2)3)17-12(11)14(19)20/h6-9H,4-5H2,1-3H3,(H,19,20). The highest BCUT2D eigenvalue weighted by molar-refractivity contribution is 5.88. The lowest BCUT2D eigenvalue weighted by Gasteiger charge is -2.09. The summed E-state index contributed by atoms with van der Waals surface area (Å²) in [4.78, 5) is 19.5. The summed E-state index contributed by atoms with van der Waals surface area (Å²) >= 11 is 0. The Bertz CT molecular complexity index is 637. The number of aromatic carboxylic acids is 1. The van der Waals surface area contributed by atoms with E-state index in [1.165, 1.54) is 12.4 Å². The molecule has 2 aromatic heterocycles. The van der Waals surface area contributed by atoms with E-state index >= 15 is 0 Å². The van der Waals surface area contributed by atoms with Crippen LogP contribution in [0.15, 0.2) is 18.6 Å². The van der Waals surface area contributed by atoms with Crippen LogP contribution >= 0.6 is 0 Å². The zero-order valence-corrected chi connectivity index (χ0v) is 12.3. The summed E-state index contributed by atoms with van der Waals surface area (Å²) in [7, 11) is 0. The first-order chi connectivity index (χ1) is 10.0. The van der Waals surface area contributed by atoms with Crippen molar-refractivity contribution in [3.63, 3.8) is 0 Å². The number of ether oxygens (including phenoxy) is 1. The molecule has 0 radical (unpaired) electrons. The average molecular weight is 290 g/mol. The predicted octanol–water partition coefficient (Wildman–Crippen LogP) is 2.70. The molecule has 0 aliphatic heterocycles. The highest BCUT2D eigenvalue weighted by Gasteiger charge is 2.18. The van der Waals surface area contributed by atoms with Crippen molar-refractivity contribution in [2.24, 2.45) is 0 Å². The van der Waals surface area contributed by atoms with E-state index in [4.69, 9.17) is 4.74 Å². The molecular weight excluding hydrogens is 272 g/mol. The van der Waals surface area contributed by atoms with Gasteiger partial charge in [0, 0.05) is 12.5 Å². The lowest BCUT2D eigenvalue weighted by molar-refractivity contribution is 0.0686. The first-order valence-electron chi connectivity index (χ1n) is 6.81. The van der Waals surface area contributed by atoms with E-state index in [-0.39, 0.29) is 17.4 Å². The van der Waals surface area contributed by atoms with Crippen molar-refractivity contribution in [1.82, 2.24) is 19.7 Å². The van der Waals surface area contributed by atoms with Gasteiger partial charge in [0.25, 0.3) is 0 Å². The lowest BCUT2D eigenvalue weighted by Crippen LogP contribution is -2.08. The van der Waals surface area contributed by atoms with E-state index in [0.717, 1.165) is 13.0 Å². The normalized spacial score (nSPS) is 10.9. The Kier molecular flexibility index (Phi) is 4.52. The van der Waals surface area contributed by atoms with Crippen LogP contribution in [0.2, 0.25) is 0 Å². The number of aryl methyl sites for hydroxylation is 1. The van der Waals surface area contributed by atoms with E-state index in [2.05, 4.69) is 15.1 Å². The van der Waals surface area contributed by atoms with E-state index in [1.807, 2.05) is 20.8 Å². The van der Waals surface area contributed by atoms with Crippen molar-refractivity contribution in [3.8, 4) is 11.5 Å². The maximum Gasteiger partial charge on any atom is 0.358 e. The molecule has 2 aromatic rings. The molecule has 21 heavy (non-hydrogen) atoms.